The molecule has 2 atom stereocenters. The number of nitrogens with zero attached hydrogens (tertiary/aromatic N) is 3. The van der Waals surface area contributed by atoms with E-state index >= 15 is 0 Å². The molecule has 0 bridgehead atoms. The Balaban J connectivity index is 1.55. The topological polar surface area (TPSA) is 98.9 Å². The maximum Gasteiger partial charge on any atom is 0.293 e. The largest absolute Gasteiger partial charge is 0.391 e. The van der Waals surface area contributed by atoms with Crippen molar-refractivity contribution in [3.8, 4) is 0 Å². The minimum absolute atomic E-state index is 0.104. The summed E-state index contributed by atoms with van der Waals surface area (Å²) in [6.07, 6.45) is 0.343. The highest BCUT2D eigenvalue weighted by Crippen LogP contribution is 2.37. The Kier molecular flexibility index (Phi) is 5.69. The molecule has 0 aromatic heterocycles. The van der Waals surface area contributed by atoms with Crippen LogP contribution in [0.3, 0.4) is 0 Å². The van der Waals surface area contributed by atoms with E-state index in [1.54, 1.807) is 6.07 Å². The number of anilines is 2. The third-order valence-corrected chi connectivity index (χ3v) is 6.08. The minimum Gasteiger partial charge on any atom is -0.391 e. The number of para-hydroxylation sites is 1. The van der Waals surface area contributed by atoms with E-state index < -0.39 is 11.0 Å². The van der Waals surface area contributed by atoms with E-state index in [2.05, 4.69) is 27.2 Å². The molecule has 1 aliphatic carbocycles. The van der Waals surface area contributed by atoms with Gasteiger partial charge in [0.2, 0.25) is 5.91 Å². The van der Waals surface area contributed by atoms with Crippen LogP contribution in [0.5, 0.6) is 0 Å². The SMILES string of the molecule is CC(=O)Nc1c([N+](=O)[O-])ccc2c1CC(N1CCN(c3ccccc3)CC1)C(O)C2. The van der Waals surface area contributed by atoms with Crippen LogP contribution in [0.4, 0.5) is 17.1 Å². The Bertz CT molecular complexity index is 942. The molecule has 1 heterocycles. The number of fused-ring (bicyclic) bond motifs is 1. The first-order valence-corrected chi connectivity index (χ1v) is 10.2. The number of nitro groups is 1. The first-order valence-electron chi connectivity index (χ1n) is 10.2. The van der Waals surface area contributed by atoms with Crippen molar-refractivity contribution < 1.29 is 14.8 Å². The normalized spacial score (nSPS) is 21.7. The Hall–Kier alpha value is -2.97. The molecule has 2 unspecified atom stereocenters. The van der Waals surface area contributed by atoms with Crippen LogP contribution in [0, 0.1) is 10.1 Å². The fourth-order valence-corrected chi connectivity index (χ4v) is 4.60. The van der Waals surface area contributed by atoms with E-state index in [9.17, 15) is 20.0 Å². The first-order chi connectivity index (χ1) is 14.4. The van der Waals surface area contributed by atoms with Crippen LogP contribution in [-0.2, 0) is 17.6 Å². The Labute approximate surface area is 175 Å². The monoisotopic (exact) mass is 410 g/mol. The molecule has 2 N–H and O–H groups in total. The zero-order valence-corrected chi connectivity index (χ0v) is 17.0. The van der Waals surface area contributed by atoms with Gasteiger partial charge in [-0.25, -0.2) is 0 Å². The van der Waals surface area contributed by atoms with Gasteiger partial charge in [-0.15, -0.1) is 0 Å². The second-order valence-electron chi connectivity index (χ2n) is 7.94. The molecule has 1 saturated heterocycles. The van der Waals surface area contributed by atoms with Crippen LogP contribution < -0.4 is 10.2 Å². The van der Waals surface area contributed by atoms with Gasteiger partial charge in [0.25, 0.3) is 5.69 Å². The van der Waals surface area contributed by atoms with Gasteiger partial charge >= 0.3 is 0 Å². The van der Waals surface area contributed by atoms with Crippen molar-refractivity contribution in [1.29, 1.82) is 0 Å². The van der Waals surface area contributed by atoms with E-state index in [-0.39, 0.29) is 23.3 Å². The Morgan fingerprint density at radius 1 is 1.10 bits per heavy atom. The fourth-order valence-electron chi connectivity index (χ4n) is 4.60. The lowest BCUT2D eigenvalue weighted by molar-refractivity contribution is -0.384. The second kappa shape index (κ2) is 8.41. The summed E-state index contributed by atoms with van der Waals surface area (Å²) in [4.78, 5) is 27.3. The lowest BCUT2D eigenvalue weighted by atomic mass is 9.83. The standard InChI is InChI=1S/C22H26N4O4/c1-15(27)23-22-18-14-20(21(28)13-16(18)7-8-19(22)26(29)30)25-11-9-24(10-12-25)17-5-3-2-4-6-17/h2-8,20-21,28H,9-14H2,1H3,(H,23,27). The van der Waals surface area contributed by atoms with Crippen molar-refractivity contribution in [2.24, 2.45) is 0 Å². The molecule has 2 aromatic carbocycles. The first kappa shape index (κ1) is 20.3. The minimum atomic E-state index is -0.549. The smallest absolute Gasteiger partial charge is 0.293 e. The molecule has 1 aliphatic heterocycles. The van der Waals surface area contributed by atoms with Crippen LogP contribution in [0.15, 0.2) is 42.5 Å². The number of carbonyl (C=O) groups excluding carboxylic acids is 1. The number of hydrogen-bond donors (Lipinski definition) is 2. The maximum absolute atomic E-state index is 11.7. The highest BCUT2D eigenvalue weighted by Gasteiger charge is 2.36. The molecule has 30 heavy (non-hydrogen) atoms. The van der Waals surface area contributed by atoms with Crippen molar-refractivity contribution in [1.82, 2.24) is 4.90 Å². The highest BCUT2D eigenvalue weighted by atomic mass is 16.6. The van der Waals surface area contributed by atoms with Gasteiger partial charge in [-0.05, 0) is 29.7 Å². The third-order valence-electron chi connectivity index (χ3n) is 6.08. The molecule has 4 rings (SSSR count). The number of aliphatic hydroxyl groups is 1. The molecule has 0 spiro atoms. The van der Waals surface area contributed by atoms with E-state index in [4.69, 9.17) is 0 Å². The van der Waals surface area contributed by atoms with Crippen molar-refractivity contribution in [3.63, 3.8) is 0 Å². The summed E-state index contributed by atoms with van der Waals surface area (Å²) in [5.74, 6) is -0.342. The molecule has 2 aromatic rings. The van der Waals surface area contributed by atoms with Crippen LogP contribution in [0.1, 0.15) is 18.1 Å². The van der Waals surface area contributed by atoms with Crippen molar-refractivity contribution in [2.75, 3.05) is 36.4 Å². The Morgan fingerprint density at radius 2 is 1.80 bits per heavy atom. The van der Waals surface area contributed by atoms with Crippen molar-refractivity contribution in [2.45, 2.75) is 31.9 Å². The van der Waals surface area contributed by atoms with Crippen molar-refractivity contribution in [3.05, 3.63) is 63.7 Å². The summed E-state index contributed by atoms with van der Waals surface area (Å²) in [6.45, 7) is 4.66. The summed E-state index contributed by atoms with van der Waals surface area (Å²) in [5.41, 5.74) is 2.98. The highest BCUT2D eigenvalue weighted by molar-refractivity contribution is 5.93. The summed E-state index contributed by atoms with van der Waals surface area (Å²) in [6, 6.07) is 13.2. The predicted octanol–water partition coefficient (Wildman–Crippen LogP) is 2.20. The van der Waals surface area contributed by atoms with E-state index in [0.717, 1.165) is 37.3 Å². The molecule has 2 aliphatic rings. The number of carbonyl (C=O) groups is 1. The summed E-state index contributed by atoms with van der Waals surface area (Å²) in [7, 11) is 0. The van der Waals surface area contributed by atoms with Crippen LogP contribution >= 0.6 is 0 Å². The van der Waals surface area contributed by atoms with Crippen LogP contribution in [-0.4, -0.2) is 59.2 Å². The number of piperazine rings is 1. The van der Waals surface area contributed by atoms with E-state index in [0.29, 0.717) is 12.8 Å². The Morgan fingerprint density at radius 3 is 2.43 bits per heavy atom. The number of aliphatic hydroxyl groups excluding tert-OH is 1. The lowest BCUT2D eigenvalue weighted by Crippen LogP contribution is -2.56. The van der Waals surface area contributed by atoms with Crippen molar-refractivity contribution >= 4 is 23.0 Å². The lowest BCUT2D eigenvalue weighted by Gasteiger charge is -2.44. The molecule has 8 heteroatoms. The summed E-state index contributed by atoms with van der Waals surface area (Å²) in [5, 5.41) is 25.0. The van der Waals surface area contributed by atoms with Crippen LogP contribution in [0.25, 0.3) is 0 Å². The number of rotatable bonds is 4. The molecule has 0 saturated carbocycles. The second-order valence-corrected chi connectivity index (χ2v) is 7.94. The number of benzene rings is 2. The van der Waals surface area contributed by atoms with Crippen LogP contribution in [0.2, 0.25) is 0 Å². The average molecular weight is 410 g/mol. The summed E-state index contributed by atoms with van der Waals surface area (Å²) < 4.78 is 0. The van der Waals surface area contributed by atoms with Gasteiger partial charge in [0, 0.05) is 57.3 Å². The van der Waals surface area contributed by atoms with Gasteiger partial charge < -0.3 is 15.3 Å². The van der Waals surface area contributed by atoms with Gasteiger partial charge in [0.1, 0.15) is 5.69 Å². The van der Waals surface area contributed by atoms with Gasteiger partial charge in [-0.1, -0.05) is 24.3 Å². The number of hydrogen-bond acceptors (Lipinski definition) is 6. The molecule has 158 valence electrons. The molecule has 0 radical (unpaired) electrons. The summed E-state index contributed by atoms with van der Waals surface area (Å²) >= 11 is 0. The third kappa shape index (κ3) is 4.01. The molecular weight excluding hydrogens is 384 g/mol. The molecule has 8 nitrogen and oxygen atoms in total. The van der Waals surface area contributed by atoms with E-state index in [1.165, 1.54) is 18.7 Å². The number of nitrogens with one attached hydrogen (secondary N) is 1. The average Bonchev–Trinajstić information content (AvgIpc) is 2.74. The number of nitro benzene ring substituents is 1. The quantitative estimate of drug-likeness (QED) is 0.592. The fraction of sp³-hybridized carbons (Fsp3) is 0.409. The van der Waals surface area contributed by atoms with Gasteiger partial charge in [0.05, 0.1) is 11.0 Å². The zero-order chi connectivity index (χ0) is 21.3. The zero-order valence-electron chi connectivity index (χ0n) is 17.0. The number of amides is 1. The van der Waals surface area contributed by atoms with Gasteiger partial charge in [-0.3, -0.25) is 19.8 Å². The van der Waals surface area contributed by atoms with E-state index in [1.807, 2.05) is 18.2 Å². The molecule has 1 amide bonds. The van der Waals surface area contributed by atoms with Gasteiger partial charge in [-0.2, -0.15) is 0 Å². The predicted molar refractivity (Wildman–Crippen MR) is 115 cm³/mol. The maximum atomic E-state index is 11.7. The molecular formula is C22H26N4O4. The van der Waals surface area contributed by atoms with Gasteiger partial charge in [0.15, 0.2) is 0 Å². The molecule has 1 fully saturated rings.